The van der Waals surface area contributed by atoms with Crippen LogP contribution < -0.4 is 16.2 Å². The maximum atomic E-state index is 13.1. The summed E-state index contributed by atoms with van der Waals surface area (Å²) >= 11 is 12.4. The van der Waals surface area contributed by atoms with Crippen molar-refractivity contribution in [2.75, 3.05) is 30.3 Å². The number of benzene rings is 3. The van der Waals surface area contributed by atoms with Crippen LogP contribution in [0, 0.1) is 0 Å². The van der Waals surface area contributed by atoms with Crippen molar-refractivity contribution in [1.82, 2.24) is 9.29 Å². The van der Waals surface area contributed by atoms with Crippen molar-refractivity contribution in [3.05, 3.63) is 104 Å². The Hall–Kier alpha value is -3.78. The zero-order chi connectivity index (χ0) is 33.9. The lowest BCUT2D eigenvalue weighted by atomic mass is 9.84. The van der Waals surface area contributed by atoms with Crippen molar-refractivity contribution in [3.8, 4) is 0 Å². The minimum Gasteiger partial charge on any atom is -0.481 e. The van der Waals surface area contributed by atoms with Gasteiger partial charge in [-0.2, -0.15) is 17.5 Å². The Morgan fingerprint density at radius 3 is 2.04 bits per heavy atom. The quantitative estimate of drug-likeness (QED) is 0.0972. The molecule has 15 heteroatoms. The van der Waals surface area contributed by atoms with Gasteiger partial charge >= 0.3 is 21.5 Å². The van der Waals surface area contributed by atoms with Gasteiger partial charge in [0.1, 0.15) is 0 Å². The van der Waals surface area contributed by atoms with E-state index in [9.17, 15) is 31.2 Å². The number of sulfonamides is 1. The fourth-order valence-corrected chi connectivity index (χ4v) is 7.00. The molecule has 0 unspecified atom stereocenters. The molecule has 0 atom stereocenters. The Morgan fingerprint density at radius 2 is 1.51 bits per heavy atom. The number of carboxylic acid groups (broad SMARTS) is 1. The van der Waals surface area contributed by atoms with Crippen LogP contribution in [-0.4, -0.2) is 60.0 Å². The molecule has 1 aromatic heterocycles. The van der Waals surface area contributed by atoms with Crippen LogP contribution in [0.25, 0.3) is 10.9 Å². The van der Waals surface area contributed by atoms with Crippen molar-refractivity contribution >= 4 is 61.5 Å². The summed E-state index contributed by atoms with van der Waals surface area (Å²) in [4.78, 5) is 26.9. The minimum atomic E-state index is -5.44. The third-order valence-corrected chi connectivity index (χ3v) is 10.2. The summed E-state index contributed by atoms with van der Waals surface area (Å²) in [6.45, 7) is -0.377. The number of halogens is 5. The van der Waals surface area contributed by atoms with Crippen molar-refractivity contribution in [2.45, 2.75) is 43.2 Å². The number of hydrogen-bond acceptors (Lipinski definition) is 6. The van der Waals surface area contributed by atoms with Crippen molar-refractivity contribution < 1.29 is 31.5 Å². The maximum absolute atomic E-state index is 13.1. The highest BCUT2D eigenvalue weighted by Gasteiger charge is 2.50. The molecule has 1 saturated heterocycles. The molecule has 3 aromatic carbocycles. The third kappa shape index (κ3) is 8.03. The second kappa shape index (κ2) is 14.1. The number of nitrogens with zero attached hydrogens (tertiary/aromatic N) is 1. The molecule has 1 aliphatic heterocycles. The zero-order valence-electron chi connectivity index (χ0n) is 24.8. The van der Waals surface area contributed by atoms with Gasteiger partial charge in [-0.15, -0.1) is 0 Å². The van der Waals surface area contributed by atoms with Gasteiger partial charge in [0, 0.05) is 65.2 Å². The molecule has 9 nitrogen and oxygen atoms in total. The van der Waals surface area contributed by atoms with Gasteiger partial charge in [0.15, 0.2) is 0 Å². The van der Waals surface area contributed by atoms with Gasteiger partial charge in [-0.25, -0.2) is 8.42 Å². The number of aromatic amines is 1. The molecule has 1 fully saturated rings. The van der Waals surface area contributed by atoms with Crippen LogP contribution in [-0.2, 0) is 14.8 Å². The first-order valence-electron chi connectivity index (χ1n) is 14.7. The fourth-order valence-electron chi connectivity index (χ4n) is 5.76. The summed E-state index contributed by atoms with van der Waals surface area (Å²) in [7, 11) is -5.44. The van der Waals surface area contributed by atoms with Gasteiger partial charge in [0.2, 0.25) is 0 Å². The first-order valence-corrected chi connectivity index (χ1v) is 16.9. The lowest BCUT2D eigenvalue weighted by molar-refractivity contribution is -0.137. The third-order valence-electron chi connectivity index (χ3n) is 8.04. The van der Waals surface area contributed by atoms with Crippen LogP contribution in [0.5, 0.6) is 0 Å². The Bertz CT molecular complexity index is 1870. The molecule has 1 aliphatic rings. The number of carbonyl (C=O) groups is 1. The highest BCUT2D eigenvalue weighted by atomic mass is 35.5. The number of pyridine rings is 1. The van der Waals surface area contributed by atoms with E-state index in [-0.39, 0.29) is 38.3 Å². The van der Waals surface area contributed by atoms with E-state index in [2.05, 4.69) is 15.6 Å². The standard InChI is InChI=1S/C32H31Cl2F3N4O5S/c33-22-7-3-19(4-8-22)30(20-5-9-23(34)10-6-20)21-16-25-26(39-24-11-14-41(15-12-24)47(45,46)32(35,36)37)18-28(42)40-31(25)27(17-21)38-13-1-2-29(43)44/h3-10,16-18,24,30,38H,1-2,11-15H2,(H,43,44)(H2,39,40,42). The molecule has 250 valence electrons. The smallest absolute Gasteiger partial charge is 0.481 e. The number of anilines is 2. The van der Waals surface area contributed by atoms with E-state index in [1.165, 1.54) is 6.07 Å². The van der Waals surface area contributed by atoms with Crippen molar-refractivity contribution in [2.24, 2.45) is 0 Å². The van der Waals surface area contributed by atoms with E-state index >= 15 is 0 Å². The van der Waals surface area contributed by atoms with Crippen LogP contribution in [0.2, 0.25) is 10.0 Å². The Labute approximate surface area is 278 Å². The average Bonchev–Trinajstić information content (AvgIpc) is 3.01. The number of nitrogens with one attached hydrogen (secondary N) is 3. The molecular weight excluding hydrogens is 680 g/mol. The lowest BCUT2D eigenvalue weighted by Gasteiger charge is -2.32. The van der Waals surface area contributed by atoms with Crippen LogP contribution in [0.3, 0.4) is 0 Å². The number of aromatic nitrogens is 1. The van der Waals surface area contributed by atoms with Crippen LogP contribution in [0.4, 0.5) is 24.5 Å². The molecule has 5 rings (SSSR count). The second-order valence-electron chi connectivity index (χ2n) is 11.3. The summed E-state index contributed by atoms with van der Waals surface area (Å²) in [5.74, 6) is -1.27. The monoisotopic (exact) mass is 710 g/mol. The molecule has 4 aromatic rings. The Balaban J connectivity index is 1.58. The Kier molecular flexibility index (Phi) is 10.4. The summed E-state index contributed by atoms with van der Waals surface area (Å²) < 4.78 is 63.7. The Morgan fingerprint density at radius 1 is 0.936 bits per heavy atom. The largest absolute Gasteiger partial charge is 0.511 e. The lowest BCUT2D eigenvalue weighted by Crippen LogP contribution is -2.47. The molecular formula is C32H31Cl2F3N4O5S. The molecule has 4 N–H and O–H groups in total. The van der Waals surface area contributed by atoms with Gasteiger partial charge in [-0.1, -0.05) is 47.5 Å². The van der Waals surface area contributed by atoms with E-state index < -0.39 is 33.1 Å². The average molecular weight is 712 g/mol. The van der Waals surface area contributed by atoms with Crippen LogP contribution >= 0.6 is 23.2 Å². The SMILES string of the molecule is O=C(O)CCCNc1cc(C(c2ccc(Cl)cc2)c2ccc(Cl)cc2)cc2c(NC3CCN(S(=O)(=O)C(F)(F)F)CC3)cc(=O)[nH]c12. The zero-order valence-corrected chi connectivity index (χ0v) is 27.1. The van der Waals surface area contributed by atoms with Crippen molar-refractivity contribution in [1.29, 1.82) is 0 Å². The molecule has 0 bridgehead atoms. The van der Waals surface area contributed by atoms with E-state index in [0.29, 0.717) is 49.6 Å². The van der Waals surface area contributed by atoms with E-state index in [0.717, 1.165) is 16.7 Å². The summed E-state index contributed by atoms with van der Waals surface area (Å²) in [5, 5.41) is 17.4. The molecule has 0 spiro atoms. The first-order chi connectivity index (χ1) is 22.2. The second-order valence-corrected chi connectivity index (χ2v) is 14.1. The van der Waals surface area contributed by atoms with Gasteiger partial charge in [-0.3, -0.25) is 9.59 Å². The van der Waals surface area contributed by atoms with E-state index in [4.69, 9.17) is 28.3 Å². The van der Waals surface area contributed by atoms with Gasteiger partial charge in [0.25, 0.3) is 5.56 Å². The number of fused-ring (bicyclic) bond motifs is 1. The molecule has 0 aliphatic carbocycles. The number of H-pyrrole nitrogens is 1. The maximum Gasteiger partial charge on any atom is 0.511 e. The highest BCUT2D eigenvalue weighted by Crippen LogP contribution is 2.39. The summed E-state index contributed by atoms with van der Waals surface area (Å²) in [6, 6.07) is 19.5. The number of rotatable bonds is 11. The molecule has 0 saturated carbocycles. The molecule has 47 heavy (non-hydrogen) atoms. The molecule has 0 radical (unpaired) electrons. The molecule has 2 heterocycles. The summed E-state index contributed by atoms with van der Waals surface area (Å²) in [5.41, 5.74) is -1.79. The van der Waals surface area contributed by atoms with Crippen LogP contribution in [0.1, 0.15) is 48.3 Å². The number of alkyl halides is 3. The van der Waals surface area contributed by atoms with E-state index in [1.807, 2.05) is 36.4 Å². The minimum absolute atomic E-state index is 0.0606. The van der Waals surface area contributed by atoms with Crippen molar-refractivity contribution in [3.63, 3.8) is 0 Å². The fraction of sp³-hybridized carbons (Fsp3) is 0.312. The van der Waals surface area contributed by atoms with Crippen LogP contribution in [0.15, 0.2) is 71.5 Å². The van der Waals surface area contributed by atoms with E-state index in [1.54, 1.807) is 24.3 Å². The summed E-state index contributed by atoms with van der Waals surface area (Å²) in [6.07, 6.45) is 0.429. The molecule has 0 amide bonds. The highest BCUT2D eigenvalue weighted by molar-refractivity contribution is 7.90. The van der Waals surface area contributed by atoms with Gasteiger partial charge in [-0.05, 0) is 72.4 Å². The van der Waals surface area contributed by atoms with Gasteiger partial charge < -0.3 is 20.7 Å². The predicted octanol–water partition coefficient (Wildman–Crippen LogP) is 7.02. The first kappa shape index (κ1) is 34.6. The number of piperidine rings is 1. The normalized spacial score (nSPS) is 14.9. The topological polar surface area (TPSA) is 132 Å². The number of hydrogen-bond donors (Lipinski definition) is 4. The predicted molar refractivity (Wildman–Crippen MR) is 177 cm³/mol. The number of aliphatic carboxylic acids is 1. The van der Waals surface area contributed by atoms with Gasteiger partial charge in [0.05, 0.1) is 11.2 Å². The number of carboxylic acids is 1.